The second-order valence-corrected chi connectivity index (χ2v) is 7.04. The first-order chi connectivity index (χ1) is 10.4. The molecule has 0 saturated carbocycles. The molecule has 3 rings (SSSR count). The fourth-order valence-electron chi connectivity index (χ4n) is 2.35. The lowest BCUT2D eigenvalue weighted by molar-refractivity contribution is 0.601. The van der Waals surface area contributed by atoms with Crippen LogP contribution in [0.5, 0.6) is 0 Å². The van der Waals surface area contributed by atoms with Crippen molar-refractivity contribution in [2.24, 2.45) is 7.05 Å². The maximum absolute atomic E-state index is 12.6. The summed E-state index contributed by atoms with van der Waals surface area (Å²) in [6.07, 6.45) is 1.67. The average Bonchev–Trinajstić information content (AvgIpc) is 2.85. The van der Waals surface area contributed by atoms with Crippen LogP contribution in [0, 0.1) is 13.8 Å². The predicted molar refractivity (Wildman–Crippen MR) is 87.4 cm³/mol. The summed E-state index contributed by atoms with van der Waals surface area (Å²) in [6, 6.07) is 10.5. The van der Waals surface area contributed by atoms with Gasteiger partial charge in [-0.1, -0.05) is 12.1 Å². The van der Waals surface area contributed by atoms with Gasteiger partial charge in [0.1, 0.15) is 0 Å². The van der Waals surface area contributed by atoms with Crippen molar-refractivity contribution < 1.29 is 8.42 Å². The Morgan fingerprint density at radius 1 is 1.14 bits per heavy atom. The molecule has 1 heterocycles. The van der Waals surface area contributed by atoms with E-state index in [2.05, 4.69) is 9.71 Å². The van der Waals surface area contributed by atoms with E-state index in [1.165, 1.54) is 0 Å². The van der Waals surface area contributed by atoms with Crippen molar-refractivity contribution in [1.82, 2.24) is 9.55 Å². The molecule has 0 spiro atoms. The second-order valence-electron chi connectivity index (χ2n) is 5.36. The number of anilines is 1. The molecule has 0 aliphatic carbocycles. The standard InChI is InChI=1S/C16H17N3O2S/c1-11-5-4-6-14(12(11)2)18-22(20,21)13-7-8-16-15(9-13)17-10-19(16)3/h4-10,18H,1-3H3. The van der Waals surface area contributed by atoms with Crippen LogP contribution in [0.2, 0.25) is 0 Å². The molecule has 1 N–H and O–H groups in total. The van der Waals surface area contributed by atoms with Crippen LogP contribution in [0.4, 0.5) is 5.69 Å². The van der Waals surface area contributed by atoms with Crippen LogP contribution in [-0.4, -0.2) is 18.0 Å². The summed E-state index contributed by atoms with van der Waals surface area (Å²) in [5, 5.41) is 0. The molecule has 114 valence electrons. The van der Waals surface area contributed by atoms with Crippen molar-refractivity contribution in [3.05, 3.63) is 53.9 Å². The molecule has 0 fully saturated rings. The van der Waals surface area contributed by atoms with E-state index < -0.39 is 10.0 Å². The van der Waals surface area contributed by atoms with Crippen LogP contribution >= 0.6 is 0 Å². The number of rotatable bonds is 3. The SMILES string of the molecule is Cc1cccc(NS(=O)(=O)c2ccc3c(c2)ncn3C)c1C. The lowest BCUT2D eigenvalue weighted by Crippen LogP contribution is -2.14. The topological polar surface area (TPSA) is 64.0 Å². The normalized spacial score (nSPS) is 11.8. The van der Waals surface area contributed by atoms with E-state index in [1.54, 1.807) is 30.6 Å². The number of nitrogens with one attached hydrogen (secondary N) is 1. The quantitative estimate of drug-likeness (QED) is 0.808. The molecule has 0 unspecified atom stereocenters. The van der Waals surface area contributed by atoms with Crippen LogP contribution in [0.1, 0.15) is 11.1 Å². The molecule has 1 aromatic heterocycles. The van der Waals surface area contributed by atoms with Gasteiger partial charge in [0.05, 0.1) is 27.9 Å². The zero-order chi connectivity index (χ0) is 15.9. The number of hydrogen-bond acceptors (Lipinski definition) is 3. The summed E-state index contributed by atoms with van der Waals surface area (Å²) in [5.41, 5.74) is 4.11. The number of aryl methyl sites for hydroxylation is 2. The molecular weight excluding hydrogens is 298 g/mol. The van der Waals surface area contributed by atoms with Gasteiger partial charge in [0.25, 0.3) is 10.0 Å². The van der Waals surface area contributed by atoms with Crippen LogP contribution < -0.4 is 4.72 Å². The summed E-state index contributed by atoms with van der Waals surface area (Å²) < 4.78 is 29.6. The minimum atomic E-state index is -3.63. The number of benzene rings is 2. The highest BCUT2D eigenvalue weighted by Gasteiger charge is 2.17. The van der Waals surface area contributed by atoms with E-state index in [0.717, 1.165) is 16.6 Å². The minimum absolute atomic E-state index is 0.208. The Balaban J connectivity index is 2.02. The monoisotopic (exact) mass is 315 g/mol. The molecule has 0 atom stereocenters. The van der Waals surface area contributed by atoms with E-state index >= 15 is 0 Å². The van der Waals surface area contributed by atoms with Gasteiger partial charge in [-0.05, 0) is 49.2 Å². The number of nitrogens with zero attached hydrogens (tertiary/aromatic N) is 2. The van der Waals surface area contributed by atoms with Crippen molar-refractivity contribution in [2.75, 3.05) is 4.72 Å². The molecule has 2 aromatic carbocycles. The third-order valence-electron chi connectivity index (χ3n) is 3.86. The van der Waals surface area contributed by atoms with E-state index in [1.807, 2.05) is 37.6 Å². The highest BCUT2D eigenvalue weighted by Crippen LogP contribution is 2.23. The fraction of sp³-hybridized carbons (Fsp3) is 0.188. The van der Waals surface area contributed by atoms with Crippen molar-refractivity contribution in [3.63, 3.8) is 0 Å². The lowest BCUT2D eigenvalue weighted by Gasteiger charge is -2.12. The average molecular weight is 315 g/mol. The van der Waals surface area contributed by atoms with Gasteiger partial charge in [0.2, 0.25) is 0 Å². The highest BCUT2D eigenvalue weighted by molar-refractivity contribution is 7.92. The summed E-state index contributed by atoms with van der Waals surface area (Å²) in [5.74, 6) is 0. The molecule has 0 saturated heterocycles. The first-order valence-electron chi connectivity index (χ1n) is 6.88. The van der Waals surface area contributed by atoms with Crippen LogP contribution in [0.15, 0.2) is 47.6 Å². The van der Waals surface area contributed by atoms with Crippen LogP contribution in [0.25, 0.3) is 11.0 Å². The molecule has 0 radical (unpaired) electrons. The molecule has 5 nitrogen and oxygen atoms in total. The van der Waals surface area contributed by atoms with Gasteiger partial charge < -0.3 is 4.57 Å². The Labute approximate surface area is 129 Å². The molecule has 3 aromatic rings. The highest BCUT2D eigenvalue weighted by atomic mass is 32.2. The first kappa shape index (κ1) is 14.6. The number of hydrogen-bond donors (Lipinski definition) is 1. The van der Waals surface area contributed by atoms with Crippen molar-refractivity contribution >= 4 is 26.7 Å². The number of sulfonamides is 1. The fourth-order valence-corrected chi connectivity index (χ4v) is 3.49. The number of aromatic nitrogens is 2. The van der Waals surface area contributed by atoms with Gasteiger partial charge in [-0.15, -0.1) is 0 Å². The van der Waals surface area contributed by atoms with E-state index in [-0.39, 0.29) is 4.90 Å². The maximum Gasteiger partial charge on any atom is 0.261 e. The zero-order valence-corrected chi connectivity index (χ0v) is 13.5. The Kier molecular flexibility index (Phi) is 3.41. The van der Waals surface area contributed by atoms with E-state index in [4.69, 9.17) is 0 Å². The minimum Gasteiger partial charge on any atom is -0.334 e. The maximum atomic E-state index is 12.6. The third-order valence-corrected chi connectivity index (χ3v) is 5.22. The second kappa shape index (κ2) is 5.14. The Morgan fingerprint density at radius 2 is 1.91 bits per heavy atom. The summed E-state index contributed by atoms with van der Waals surface area (Å²) in [6.45, 7) is 3.85. The lowest BCUT2D eigenvalue weighted by atomic mass is 10.1. The Morgan fingerprint density at radius 3 is 2.68 bits per heavy atom. The zero-order valence-electron chi connectivity index (χ0n) is 12.7. The molecule has 0 aliphatic rings. The van der Waals surface area contributed by atoms with Gasteiger partial charge in [0, 0.05) is 7.05 Å². The van der Waals surface area contributed by atoms with Gasteiger partial charge in [0.15, 0.2) is 0 Å². The molecule has 0 bridgehead atoms. The van der Waals surface area contributed by atoms with Gasteiger partial charge in [-0.25, -0.2) is 13.4 Å². The van der Waals surface area contributed by atoms with Gasteiger partial charge >= 0.3 is 0 Å². The van der Waals surface area contributed by atoms with E-state index in [9.17, 15) is 8.42 Å². The molecule has 0 amide bonds. The van der Waals surface area contributed by atoms with Crippen molar-refractivity contribution in [3.8, 4) is 0 Å². The Hall–Kier alpha value is -2.34. The van der Waals surface area contributed by atoms with Crippen molar-refractivity contribution in [1.29, 1.82) is 0 Å². The van der Waals surface area contributed by atoms with Crippen molar-refractivity contribution in [2.45, 2.75) is 18.7 Å². The summed E-state index contributed by atoms with van der Waals surface area (Å²) in [4.78, 5) is 4.41. The van der Waals surface area contributed by atoms with Crippen LogP contribution in [0.3, 0.4) is 0 Å². The molecule has 6 heteroatoms. The molecule has 0 aliphatic heterocycles. The largest absolute Gasteiger partial charge is 0.334 e. The smallest absolute Gasteiger partial charge is 0.261 e. The molecular formula is C16H17N3O2S. The third kappa shape index (κ3) is 2.46. The number of fused-ring (bicyclic) bond motifs is 1. The molecule has 22 heavy (non-hydrogen) atoms. The number of imidazole rings is 1. The summed E-state index contributed by atoms with van der Waals surface area (Å²) >= 11 is 0. The summed E-state index contributed by atoms with van der Waals surface area (Å²) in [7, 11) is -1.76. The van der Waals surface area contributed by atoms with Crippen LogP contribution in [-0.2, 0) is 17.1 Å². The van der Waals surface area contributed by atoms with Gasteiger partial charge in [-0.2, -0.15) is 0 Å². The first-order valence-corrected chi connectivity index (χ1v) is 8.37. The van der Waals surface area contributed by atoms with E-state index in [0.29, 0.717) is 11.2 Å². The predicted octanol–water partition coefficient (Wildman–Crippen LogP) is 2.99. The van der Waals surface area contributed by atoms with Gasteiger partial charge in [-0.3, -0.25) is 4.72 Å². The Bertz CT molecular complexity index is 959.